The molecule has 0 bridgehead atoms. The molecule has 1 heterocycles. The zero-order valence-electron chi connectivity index (χ0n) is 16.5. The van der Waals surface area contributed by atoms with Crippen molar-refractivity contribution in [1.29, 1.82) is 0 Å². The van der Waals surface area contributed by atoms with E-state index in [-0.39, 0.29) is 18.0 Å². The molecule has 8 heteroatoms. The van der Waals surface area contributed by atoms with Crippen molar-refractivity contribution in [2.75, 3.05) is 5.32 Å². The molecule has 1 aromatic heterocycles. The van der Waals surface area contributed by atoms with Crippen LogP contribution in [0.4, 0.5) is 14.5 Å². The van der Waals surface area contributed by atoms with E-state index < -0.39 is 11.7 Å². The van der Waals surface area contributed by atoms with Gasteiger partial charge in [-0.1, -0.05) is 17.3 Å². The van der Waals surface area contributed by atoms with Crippen LogP contribution in [0.5, 0.6) is 0 Å². The summed E-state index contributed by atoms with van der Waals surface area (Å²) in [4.78, 5) is 12.5. The van der Waals surface area contributed by atoms with E-state index in [0.29, 0.717) is 33.8 Å². The number of halogens is 2. The van der Waals surface area contributed by atoms with Gasteiger partial charge in [-0.25, -0.2) is 13.5 Å². The minimum absolute atomic E-state index is 0.161. The molecule has 31 heavy (non-hydrogen) atoms. The summed E-state index contributed by atoms with van der Waals surface area (Å²) < 4.78 is 29.5. The molecule has 0 atom stereocenters. The summed E-state index contributed by atoms with van der Waals surface area (Å²) in [5, 5.41) is 19.5. The molecule has 0 aliphatic heterocycles. The molecule has 0 radical (unpaired) electrons. The lowest BCUT2D eigenvalue weighted by molar-refractivity contribution is 0.102. The van der Waals surface area contributed by atoms with Crippen molar-refractivity contribution in [2.24, 2.45) is 0 Å². The maximum Gasteiger partial charge on any atom is 0.255 e. The van der Waals surface area contributed by atoms with E-state index in [1.54, 1.807) is 37.4 Å². The summed E-state index contributed by atoms with van der Waals surface area (Å²) in [7, 11) is 0. The van der Waals surface area contributed by atoms with Crippen molar-refractivity contribution in [3.63, 3.8) is 0 Å². The van der Waals surface area contributed by atoms with Crippen LogP contribution in [0.25, 0.3) is 16.8 Å². The highest BCUT2D eigenvalue weighted by atomic mass is 19.1. The van der Waals surface area contributed by atoms with Gasteiger partial charge in [0.1, 0.15) is 17.3 Å². The molecule has 3 aromatic carbocycles. The van der Waals surface area contributed by atoms with Gasteiger partial charge in [-0.05, 0) is 66.6 Å². The topological polar surface area (TPSA) is 80.0 Å². The average molecular weight is 420 g/mol. The van der Waals surface area contributed by atoms with Gasteiger partial charge in [0, 0.05) is 16.8 Å². The fourth-order valence-corrected chi connectivity index (χ4v) is 3.20. The Morgan fingerprint density at radius 3 is 2.42 bits per heavy atom. The molecule has 0 unspecified atom stereocenters. The summed E-state index contributed by atoms with van der Waals surface area (Å²) in [6.07, 6.45) is 1.60. The molecule has 4 aromatic rings. The van der Waals surface area contributed by atoms with Crippen LogP contribution < -0.4 is 5.32 Å². The van der Waals surface area contributed by atoms with Gasteiger partial charge in [0.25, 0.3) is 5.91 Å². The van der Waals surface area contributed by atoms with Crippen molar-refractivity contribution >= 4 is 11.6 Å². The summed E-state index contributed by atoms with van der Waals surface area (Å²) in [5.41, 5.74) is 3.31. The molecule has 2 N–H and O–H groups in total. The van der Waals surface area contributed by atoms with Crippen molar-refractivity contribution < 1.29 is 18.7 Å². The zero-order chi connectivity index (χ0) is 22.0. The van der Waals surface area contributed by atoms with E-state index >= 15 is 0 Å². The number of amides is 1. The van der Waals surface area contributed by atoms with Gasteiger partial charge in [-0.2, -0.15) is 0 Å². The van der Waals surface area contributed by atoms with Gasteiger partial charge < -0.3 is 10.4 Å². The molecular formula is C23H18F2N4O2. The van der Waals surface area contributed by atoms with Crippen molar-refractivity contribution in [3.05, 3.63) is 95.3 Å². The molecule has 0 fully saturated rings. The third-order valence-electron chi connectivity index (χ3n) is 4.80. The third-order valence-corrected chi connectivity index (χ3v) is 4.80. The maximum atomic E-state index is 14.7. The molecule has 1 amide bonds. The number of nitrogens with zero attached hydrogens (tertiary/aromatic N) is 3. The predicted molar refractivity (Wildman–Crippen MR) is 112 cm³/mol. The van der Waals surface area contributed by atoms with Crippen LogP contribution in [-0.2, 0) is 6.61 Å². The smallest absolute Gasteiger partial charge is 0.255 e. The Morgan fingerprint density at radius 2 is 1.77 bits per heavy atom. The lowest BCUT2D eigenvalue weighted by Crippen LogP contribution is -2.12. The molecule has 156 valence electrons. The minimum atomic E-state index is -0.566. The number of hydrogen-bond donors (Lipinski definition) is 2. The number of aliphatic hydroxyl groups excluding tert-OH is 1. The Hall–Kier alpha value is -3.91. The van der Waals surface area contributed by atoms with Crippen LogP contribution in [0, 0.1) is 18.6 Å². The third kappa shape index (κ3) is 4.34. The number of aryl methyl sites for hydroxylation is 1. The number of aliphatic hydroxyl groups is 1. The second kappa shape index (κ2) is 8.45. The number of carbonyl (C=O) groups excluding carboxylic acids is 1. The lowest BCUT2D eigenvalue weighted by atomic mass is 9.98. The SMILES string of the molecule is Cc1cc(F)ccc1-c1ccc(C(=O)Nc2ccc(-n3cc(CO)nn3)cc2)cc1F. The molecule has 0 saturated heterocycles. The summed E-state index contributed by atoms with van der Waals surface area (Å²) in [6, 6.07) is 15.1. The first-order valence-electron chi connectivity index (χ1n) is 9.44. The normalized spacial score (nSPS) is 10.8. The van der Waals surface area contributed by atoms with E-state index in [9.17, 15) is 13.6 Å². The first kappa shape index (κ1) is 20.4. The highest BCUT2D eigenvalue weighted by Crippen LogP contribution is 2.27. The largest absolute Gasteiger partial charge is 0.390 e. The Kier molecular flexibility index (Phi) is 5.55. The first-order valence-corrected chi connectivity index (χ1v) is 9.44. The van der Waals surface area contributed by atoms with Crippen molar-refractivity contribution in [2.45, 2.75) is 13.5 Å². The molecule has 0 saturated carbocycles. The van der Waals surface area contributed by atoms with Crippen molar-refractivity contribution in [1.82, 2.24) is 15.0 Å². The summed E-state index contributed by atoms with van der Waals surface area (Å²) in [6.45, 7) is 1.50. The van der Waals surface area contributed by atoms with Crippen LogP contribution >= 0.6 is 0 Å². The number of nitrogens with one attached hydrogen (secondary N) is 1. The lowest BCUT2D eigenvalue weighted by Gasteiger charge is -2.10. The van der Waals surface area contributed by atoms with E-state index in [1.807, 2.05) is 0 Å². The van der Waals surface area contributed by atoms with Crippen LogP contribution in [-0.4, -0.2) is 26.0 Å². The predicted octanol–water partition coefficient (Wildman–Crippen LogP) is 4.27. The molecule has 0 spiro atoms. The quantitative estimate of drug-likeness (QED) is 0.506. The fourth-order valence-electron chi connectivity index (χ4n) is 3.20. The van der Waals surface area contributed by atoms with E-state index in [2.05, 4.69) is 15.6 Å². The summed E-state index contributed by atoms with van der Waals surface area (Å²) in [5.74, 6) is -1.41. The van der Waals surface area contributed by atoms with Crippen LogP contribution in [0.15, 0.2) is 66.9 Å². The summed E-state index contributed by atoms with van der Waals surface area (Å²) >= 11 is 0. The highest BCUT2D eigenvalue weighted by Gasteiger charge is 2.13. The number of benzene rings is 3. The molecule has 0 aliphatic rings. The number of aromatic nitrogens is 3. The van der Waals surface area contributed by atoms with Gasteiger partial charge in [0.2, 0.25) is 0 Å². The number of anilines is 1. The number of hydrogen-bond acceptors (Lipinski definition) is 4. The van der Waals surface area contributed by atoms with Crippen LogP contribution in [0.3, 0.4) is 0 Å². The Bertz CT molecular complexity index is 1250. The minimum Gasteiger partial charge on any atom is -0.390 e. The van der Waals surface area contributed by atoms with E-state index in [0.717, 1.165) is 6.07 Å². The van der Waals surface area contributed by atoms with Crippen LogP contribution in [0.1, 0.15) is 21.6 Å². The number of rotatable bonds is 5. The van der Waals surface area contributed by atoms with Crippen LogP contribution in [0.2, 0.25) is 0 Å². The second-order valence-corrected chi connectivity index (χ2v) is 6.97. The maximum absolute atomic E-state index is 14.7. The average Bonchev–Trinajstić information content (AvgIpc) is 3.24. The van der Waals surface area contributed by atoms with Gasteiger partial charge in [-0.15, -0.1) is 5.10 Å². The number of carbonyl (C=O) groups is 1. The van der Waals surface area contributed by atoms with Gasteiger partial charge >= 0.3 is 0 Å². The standard InChI is InChI=1S/C23H18F2N4O2/c1-14-10-16(24)3-9-20(14)21-8-2-15(11-22(21)25)23(31)26-17-4-6-19(7-5-17)29-12-18(13-30)27-28-29/h2-12,30H,13H2,1H3,(H,26,31). The van der Waals surface area contributed by atoms with Gasteiger partial charge in [0.05, 0.1) is 18.5 Å². The Labute approximate surface area is 176 Å². The fraction of sp³-hybridized carbons (Fsp3) is 0.0870. The zero-order valence-corrected chi connectivity index (χ0v) is 16.5. The second-order valence-electron chi connectivity index (χ2n) is 6.97. The highest BCUT2D eigenvalue weighted by molar-refractivity contribution is 6.04. The van der Waals surface area contributed by atoms with Gasteiger partial charge in [-0.3, -0.25) is 4.79 Å². The first-order chi connectivity index (χ1) is 14.9. The monoisotopic (exact) mass is 420 g/mol. The van der Waals surface area contributed by atoms with E-state index in [1.165, 1.54) is 35.0 Å². The Morgan fingerprint density at radius 1 is 1.03 bits per heavy atom. The molecular weight excluding hydrogens is 402 g/mol. The molecule has 6 nitrogen and oxygen atoms in total. The molecule has 0 aliphatic carbocycles. The van der Waals surface area contributed by atoms with E-state index in [4.69, 9.17) is 5.11 Å². The van der Waals surface area contributed by atoms with Crippen molar-refractivity contribution in [3.8, 4) is 16.8 Å². The Balaban J connectivity index is 1.50. The van der Waals surface area contributed by atoms with Gasteiger partial charge in [0.15, 0.2) is 0 Å². The molecule has 4 rings (SSSR count).